The molecule has 0 aromatic heterocycles. The van der Waals surface area contributed by atoms with Crippen molar-refractivity contribution in [3.05, 3.63) is 88.7 Å². The highest BCUT2D eigenvalue weighted by Crippen LogP contribution is 2.28. The van der Waals surface area contributed by atoms with E-state index >= 15 is 0 Å². The highest BCUT2D eigenvalue weighted by molar-refractivity contribution is 7.90. The minimum absolute atomic E-state index is 0.0352. The fourth-order valence-corrected chi connectivity index (χ4v) is 5.59. The average Bonchev–Trinajstić information content (AvgIpc) is 2.91. The Labute approximate surface area is 248 Å². The molecule has 0 bridgehead atoms. The monoisotopic (exact) mass is 621 g/mol. The van der Waals surface area contributed by atoms with Gasteiger partial charge in [-0.2, -0.15) is 12.6 Å². The van der Waals surface area contributed by atoms with E-state index in [-0.39, 0.29) is 45.7 Å². The minimum Gasteiger partial charge on any atom is -0.384 e. The molecule has 3 rings (SSSR count). The van der Waals surface area contributed by atoms with Gasteiger partial charge in [-0.1, -0.05) is 48.0 Å². The number of sulfonamides is 1. The zero-order chi connectivity index (χ0) is 30.2. The number of carbonyl (C=O) groups is 3. The molecule has 13 heteroatoms. The van der Waals surface area contributed by atoms with Crippen molar-refractivity contribution in [3.8, 4) is 11.1 Å². The van der Waals surface area contributed by atoms with Gasteiger partial charge < -0.3 is 15.7 Å². The predicted octanol–water partition coefficient (Wildman–Crippen LogP) is 3.11. The maximum Gasteiger partial charge on any atom is 0.264 e. The Kier molecular flexibility index (Phi) is 11.3. The summed E-state index contributed by atoms with van der Waals surface area (Å²) in [5.41, 5.74) is 0.913. The number of carbonyl (C=O) groups excluding carboxylic acids is 3. The Morgan fingerprint density at radius 3 is 2.44 bits per heavy atom. The number of nitrogens with one attached hydrogen (secondary N) is 3. The molecule has 218 valence electrons. The molecule has 9 nitrogen and oxygen atoms in total. The van der Waals surface area contributed by atoms with E-state index in [1.54, 1.807) is 10.8 Å². The standard InChI is InChI=1S/C28H29ClFN3O6S2/c1-17(34)27(36)33-41(38,39)25-8-3-2-7-22(25)19-9-10-23(24(30)15-19)28(37)31-12-11-26(35)32-16-21(40)14-18-5-4-6-20(29)13-18/h2-10,13,15,17,21,34,40H,11-12,14,16H2,1H3,(H,31,37)(H,32,35)(H,33,36)/t17-,21+/m0/s1. The Morgan fingerprint density at radius 2 is 1.76 bits per heavy atom. The van der Waals surface area contributed by atoms with Crippen LogP contribution in [0.25, 0.3) is 11.1 Å². The summed E-state index contributed by atoms with van der Waals surface area (Å²) in [6, 6.07) is 16.5. The largest absolute Gasteiger partial charge is 0.384 e. The second-order valence-corrected chi connectivity index (χ2v) is 12.0. The molecule has 0 unspecified atom stereocenters. The third kappa shape index (κ3) is 9.28. The second-order valence-electron chi connectivity index (χ2n) is 9.13. The summed E-state index contributed by atoms with van der Waals surface area (Å²) in [6.45, 7) is 1.38. The van der Waals surface area contributed by atoms with Crippen LogP contribution >= 0.6 is 24.2 Å². The molecule has 0 aliphatic heterocycles. The molecule has 3 amide bonds. The van der Waals surface area contributed by atoms with Gasteiger partial charge in [-0.25, -0.2) is 17.5 Å². The molecular weight excluding hydrogens is 593 g/mol. The van der Waals surface area contributed by atoms with Crippen molar-refractivity contribution >= 4 is 52.0 Å². The van der Waals surface area contributed by atoms with Crippen molar-refractivity contribution in [2.24, 2.45) is 0 Å². The van der Waals surface area contributed by atoms with Crippen LogP contribution in [-0.2, 0) is 26.0 Å². The number of hydrogen-bond donors (Lipinski definition) is 5. The summed E-state index contributed by atoms with van der Waals surface area (Å²) < 4.78 is 42.1. The number of rotatable bonds is 12. The van der Waals surface area contributed by atoms with Gasteiger partial charge in [-0.05, 0) is 54.8 Å². The van der Waals surface area contributed by atoms with Gasteiger partial charge in [0, 0.05) is 35.3 Å². The highest BCUT2D eigenvalue weighted by Gasteiger charge is 2.24. The fraction of sp³-hybridized carbons (Fsp3) is 0.250. The van der Waals surface area contributed by atoms with E-state index in [1.807, 2.05) is 18.2 Å². The van der Waals surface area contributed by atoms with Crippen molar-refractivity contribution in [1.82, 2.24) is 15.4 Å². The van der Waals surface area contributed by atoms with Crippen LogP contribution in [0, 0.1) is 5.82 Å². The fourth-order valence-electron chi connectivity index (χ4n) is 3.79. The molecule has 0 saturated carbocycles. The van der Waals surface area contributed by atoms with Crippen molar-refractivity contribution < 1.29 is 32.3 Å². The van der Waals surface area contributed by atoms with Gasteiger partial charge in [0.1, 0.15) is 11.9 Å². The maximum absolute atomic E-state index is 14.9. The highest BCUT2D eigenvalue weighted by atomic mass is 35.5. The molecule has 0 aliphatic carbocycles. The molecule has 3 aromatic carbocycles. The number of halogens is 2. The lowest BCUT2D eigenvalue weighted by atomic mass is 10.0. The summed E-state index contributed by atoms with van der Waals surface area (Å²) in [5, 5.41) is 15.0. The molecule has 0 saturated heterocycles. The van der Waals surface area contributed by atoms with Gasteiger partial charge in [0.2, 0.25) is 5.91 Å². The molecule has 41 heavy (non-hydrogen) atoms. The minimum atomic E-state index is -4.38. The molecule has 2 atom stereocenters. The number of aliphatic hydroxyl groups is 1. The second kappa shape index (κ2) is 14.4. The zero-order valence-corrected chi connectivity index (χ0v) is 24.4. The van der Waals surface area contributed by atoms with E-state index in [4.69, 9.17) is 11.6 Å². The van der Waals surface area contributed by atoms with Crippen LogP contribution in [0.1, 0.15) is 29.3 Å². The third-order valence-corrected chi connectivity index (χ3v) is 7.85. The molecule has 3 aromatic rings. The number of aliphatic hydroxyl groups excluding tert-OH is 1. The molecule has 0 heterocycles. The molecule has 0 fully saturated rings. The number of hydrogen-bond acceptors (Lipinski definition) is 7. The van der Waals surface area contributed by atoms with E-state index in [9.17, 15) is 32.3 Å². The van der Waals surface area contributed by atoms with Gasteiger partial charge in [-0.15, -0.1) is 0 Å². The van der Waals surface area contributed by atoms with Gasteiger partial charge in [0.05, 0.1) is 10.5 Å². The quantitative estimate of drug-likeness (QED) is 0.197. The van der Waals surface area contributed by atoms with E-state index in [0.717, 1.165) is 18.6 Å². The smallest absolute Gasteiger partial charge is 0.264 e. The lowest BCUT2D eigenvalue weighted by Crippen LogP contribution is -2.37. The normalized spacial score (nSPS) is 12.7. The lowest BCUT2D eigenvalue weighted by molar-refractivity contribution is -0.126. The van der Waals surface area contributed by atoms with E-state index in [1.165, 1.54) is 36.4 Å². The van der Waals surface area contributed by atoms with Gasteiger partial charge >= 0.3 is 0 Å². The summed E-state index contributed by atoms with van der Waals surface area (Å²) in [5.74, 6) is -3.09. The van der Waals surface area contributed by atoms with Crippen molar-refractivity contribution in [3.63, 3.8) is 0 Å². The zero-order valence-electron chi connectivity index (χ0n) is 21.9. The predicted molar refractivity (Wildman–Crippen MR) is 157 cm³/mol. The van der Waals surface area contributed by atoms with Crippen LogP contribution in [0.2, 0.25) is 5.02 Å². The van der Waals surface area contributed by atoms with Crippen LogP contribution in [0.5, 0.6) is 0 Å². The maximum atomic E-state index is 14.9. The van der Waals surface area contributed by atoms with Crippen LogP contribution < -0.4 is 15.4 Å². The third-order valence-electron chi connectivity index (χ3n) is 5.85. The number of thiol groups is 1. The van der Waals surface area contributed by atoms with Crippen LogP contribution in [0.4, 0.5) is 4.39 Å². The van der Waals surface area contributed by atoms with Gasteiger partial charge in [0.25, 0.3) is 21.8 Å². The summed E-state index contributed by atoms with van der Waals surface area (Å²) >= 11 is 10.5. The first kappa shape index (κ1) is 32.1. The first-order chi connectivity index (χ1) is 19.4. The number of amides is 3. The van der Waals surface area contributed by atoms with E-state index in [0.29, 0.717) is 18.0 Å². The summed E-state index contributed by atoms with van der Waals surface area (Å²) in [7, 11) is -4.38. The Morgan fingerprint density at radius 1 is 1.02 bits per heavy atom. The molecule has 4 N–H and O–H groups in total. The Balaban J connectivity index is 1.57. The first-order valence-corrected chi connectivity index (χ1v) is 14.9. The van der Waals surface area contributed by atoms with Crippen molar-refractivity contribution in [1.29, 1.82) is 0 Å². The van der Waals surface area contributed by atoms with Gasteiger partial charge in [-0.3, -0.25) is 14.4 Å². The van der Waals surface area contributed by atoms with Gasteiger partial charge in [0.15, 0.2) is 0 Å². The molecule has 0 spiro atoms. The lowest BCUT2D eigenvalue weighted by Gasteiger charge is -2.14. The first-order valence-electron chi connectivity index (χ1n) is 12.5. The van der Waals surface area contributed by atoms with Crippen LogP contribution in [0.3, 0.4) is 0 Å². The number of benzene rings is 3. The SMILES string of the molecule is C[C@H](O)C(=O)NS(=O)(=O)c1ccccc1-c1ccc(C(=O)NCCC(=O)NC[C@H](S)Cc2cccc(Cl)c2)c(F)c1. The van der Waals surface area contributed by atoms with E-state index in [2.05, 4.69) is 23.3 Å². The summed E-state index contributed by atoms with van der Waals surface area (Å²) in [6.07, 6.45) is -0.993. The Bertz CT molecular complexity index is 1530. The topological polar surface area (TPSA) is 142 Å². The average molecular weight is 622 g/mol. The Hall–Kier alpha value is -3.45. The van der Waals surface area contributed by atoms with Crippen LogP contribution in [-0.4, -0.2) is 55.7 Å². The van der Waals surface area contributed by atoms with Crippen molar-refractivity contribution in [2.75, 3.05) is 13.1 Å². The molecule has 0 aliphatic rings. The molecule has 0 radical (unpaired) electrons. The molecular formula is C28H29ClFN3O6S2. The van der Waals surface area contributed by atoms with E-state index < -0.39 is 33.8 Å². The van der Waals surface area contributed by atoms with Crippen LogP contribution in [0.15, 0.2) is 71.6 Å². The summed E-state index contributed by atoms with van der Waals surface area (Å²) in [4.78, 5) is 36.1. The van der Waals surface area contributed by atoms with Crippen molar-refractivity contribution in [2.45, 2.75) is 36.0 Å².